The summed E-state index contributed by atoms with van der Waals surface area (Å²) in [5.41, 5.74) is 7.23. The van der Waals surface area contributed by atoms with Gasteiger partial charge in [-0.1, -0.05) is 52.0 Å². The molecule has 0 aliphatic rings. The van der Waals surface area contributed by atoms with E-state index in [0.29, 0.717) is 11.1 Å². The Kier molecular flexibility index (Phi) is 11.9. The van der Waals surface area contributed by atoms with Gasteiger partial charge in [0.05, 0.1) is 6.04 Å². The number of rotatable bonds is 14. The Labute approximate surface area is 234 Å². The highest BCUT2D eigenvalue weighted by Gasteiger charge is 2.31. The maximum absolute atomic E-state index is 13.4. The SMILES string of the molecule is CC(C)CC(NC(=O)C(Cc1ccc(O)cc1)NC(=O)C(N)C(C)C)C(=O)NC(Cc1ccc(O)cc1)C(=O)O. The van der Waals surface area contributed by atoms with Crippen LogP contribution in [0.25, 0.3) is 0 Å². The molecule has 40 heavy (non-hydrogen) atoms. The van der Waals surface area contributed by atoms with Crippen LogP contribution in [0.1, 0.15) is 45.2 Å². The summed E-state index contributed by atoms with van der Waals surface area (Å²) in [6, 6.07) is 7.81. The lowest BCUT2D eigenvalue weighted by atomic mass is 9.99. The number of carbonyl (C=O) groups excluding carboxylic acids is 3. The van der Waals surface area contributed by atoms with E-state index in [9.17, 15) is 34.5 Å². The van der Waals surface area contributed by atoms with Gasteiger partial charge < -0.3 is 37.0 Å². The van der Waals surface area contributed by atoms with E-state index in [-0.39, 0.29) is 42.6 Å². The summed E-state index contributed by atoms with van der Waals surface area (Å²) in [7, 11) is 0. The van der Waals surface area contributed by atoms with Crippen molar-refractivity contribution in [1.29, 1.82) is 0 Å². The number of amides is 3. The van der Waals surface area contributed by atoms with Crippen LogP contribution in [0.15, 0.2) is 48.5 Å². The fourth-order valence-electron chi connectivity index (χ4n) is 3.96. The van der Waals surface area contributed by atoms with E-state index in [2.05, 4.69) is 16.0 Å². The Hall–Kier alpha value is -4.12. The standard InChI is InChI=1S/C29H40N4O7/c1-16(2)13-22(26(36)33-24(29(39)40)15-19-7-11-21(35)12-8-19)31-27(37)23(32-28(38)25(30)17(3)4)14-18-5-9-20(34)10-6-18/h5-12,16-17,22-25,34-35H,13-15,30H2,1-4H3,(H,31,37)(H,32,38)(H,33,36)(H,39,40). The number of phenols is 2. The van der Waals surface area contributed by atoms with Gasteiger partial charge in [-0.3, -0.25) is 14.4 Å². The van der Waals surface area contributed by atoms with E-state index in [4.69, 9.17) is 5.73 Å². The lowest BCUT2D eigenvalue weighted by Gasteiger charge is -2.26. The summed E-state index contributed by atoms with van der Waals surface area (Å²) < 4.78 is 0. The number of phenolic OH excluding ortho intramolecular Hbond substituents is 2. The zero-order chi connectivity index (χ0) is 30.0. The molecule has 4 unspecified atom stereocenters. The first-order valence-electron chi connectivity index (χ1n) is 13.2. The number of benzene rings is 2. The van der Waals surface area contributed by atoms with E-state index >= 15 is 0 Å². The first-order valence-corrected chi connectivity index (χ1v) is 13.2. The summed E-state index contributed by atoms with van der Waals surface area (Å²) in [5, 5.41) is 36.7. The highest BCUT2D eigenvalue weighted by molar-refractivity contribution is 5.94. The van der Waals surface area contributed by atoms with Crippen LogP contribution in [-0.4, -0.2) is 63.2 Å². The van der Waals surface area contributed by atoms with Crippen LogP contribution in [0.5, 0.6) is 11.5 Å². The molecule has 218 valence electrons. The van der Waals surface area contributed by atoms with Crippen molar-refractivity contribution in [3.63, 3.8) is 0 Å². The quantitative estimate of drug-likeness (QED) is 0.182. The van der Waals surface area contributed by atoms with Crippen LogP contribution < -0.4 is 21.7 Å². The lowest BCUT2D eigenvalue weighted by Crippen LogP contribution is -2.58. The van der Waals surface area contributed by atoms with Gasteiger partial charge in [0.1, 0.15) is 29.6 Å². The zero-order valence-electron chi connectivity index (χ0n) is 23.3. The molecule has 0 spiro atoms. The number of nitrogens with two attached hydrogens (primary N) is 1. The number of carbonyl (C=O) groups is 4. The predicted octanol–water partition coefficient (Wildman–Crippen LogP) is 1.45. The number of hydrogen-bond donors (Lipinski definition) is 7. The van der Waals surface area contributed by atoms with Gasteiger partial charge >= 0.3 is 5.97 Å². The van der Waals surface area contributed by atoms with E-state index in [1.807, 2.05) is 13.8 Å². The first-order chi connectivity index (χ1) is 18.8. The second-order valence-corrected chi connectivity index (χ2v) is 10.7. The van der Waals surface area contributed by atoms with Gasteiger partial charge in [0.25, 0.3) is 0 Å². The van der Waals surface area contributed by atoms with Gasteiger partial charge in [-0.05, 0) is 53.6 Å². The number of aromatic hydroxyl groups is 2. The molecule has 0 aliphatic carbocycles. The Morgan fingerprint density at radius 3 is 1.50 bits per heavy atom. The number of carboxylic acids is 1. The molecule has 0 bridgehead atoms. The minimum atomic E-state index is -1.28. The predicted molar refractivity (Wildman–Crippen MR) is 149 cm³/mol. The molecule has 0 heterocycles. The summed E-state index contributed by atoms with van der Waals surface area (Å²) in [5.74, 6) is -3.23. The van der Waals surface area contributed by atoms with Gasteiger partial charge in [-0.15, -0.1) is 0 Å². The summed E-state index contributed by atoms with van der Waals surface area (Å²) in [6.07, 6.45) is 0.252. The number of aliphatic carboxylic acids is 1. The van der Waals surface area contributed by atoms with Crippen LogP contribution in [-0.2, 0) is 32.0 Å². The molecule has 0 fully saturated rings. The van der Waals surface area contributed by atoms with E-state index in [0.717, 1.165) is 0 Å². The second-order valence-electron chi connectivity index (χ2n) is 10.7. The fraction of sp³-hybridized carbons (Fsp3) is 0.448. The molecule has 11 heteroatoms. The lowest BCUT2D eigenvalue weighted by molar-refractivity contribution is -0.142. The van der Waals surface area contributed by atoms with E-state index in [1.54, 1.807) is 38.1 Å². The molecule has 3 amide bonds. The zero-order valence-corrected chi connectivity index (χ0v) is 23.3. The Morgan fingerprint density at radius 1 is 0.675 bits per heavy atom. The maximum Gasteiger partial charge on any atom is 0.326 e. The minimum Gasteiger partial charge on any atom is -0.508 e. The third-order valence-corrected chi connectivity index (χ3v) is 6.36. The topological polar surface area (TPSA) is 191 Å². The molecule has 0 saturated carbocycles. The van der Waals surface area contributed by atoms with Crippen molar-refractivity contribution < 1.29 is 34.5 Å². The number of carboxylic acid groups (broad SMARTS) is 1. The Morgan fingerprint density at radius 2 is 1.07 bits per heavy atom. The van der Waals surface area contributed by atoms with Crippen LogP contribution in [0.2, 0.25) is 0 Å². The highest BCUT2D eigenvalue weighted by Crippen LogP contribution is 2.14. The summed E-state index contributed by atoms with van der Waals surface area (Å²) in [6.45, 7) is 7.27. The van der Waals surface area contributed by atoms with Gasteiger partial charge in [0.2, 0.25) is 17.7 Å². The minimum absolute atomic E-state index is 0.0303. The van der Waals surface area contributed by atoms with Crippen molar-refractivity contribution in [2.24, 2.45) is 17.6 Å². The second kappa shape index (κ2) is 14.9. The van der Waals surface area contributed by atoms with Crippen molar-refractivity contribution in [1.82, 2.24) is 16.0 Å². The van der Waals surface area contributed by atoms with Crippen LogP contribution in [0.3, 0.4) is 0 Å². The number of hydrogen-bond acceptors (Lipinski definition) is 7. The molecule has 2 aromatic carbocycles. The van der Waals surface area contributed by atoms with Crippen molar-refractivity contribution in [2.75, 3.05) is 0 Å². The van der Waals surface area contributed by atoms with E-state index < -0.39 is 47.9 Å². The van der Waals surface area contributed by atoms with E-state index in [1.165, 1.54) is 24.3 Å². The first kappa shape index (κ1) is 32.1. The molecule has 0 aliphatic heterocycles. The van der Waals surface area contributed by atoms with Gasteiger partial charge in [0, 0.05) is 12.8 Å². The Balaban J connectivity index is 2.24. The largest absolute Gasteiger partial charge is 0.508 e. The summed E-state index contributed by atoms with van der Waals surface area (Å²) in [4.78, 5) is 51.4. The molecule has 2 aromatic rings. The average molecular weight is 557 g/mol. The van der Waals surface area contributed by atoms with Gasteiger partial charge in [-0.2, -0.15) is 0 Å². The van der Waals surface area contributed by atoms with Crippen molar-refractivity contribution >= 4 is 23.7 Å². The monoisotopic (exact) mass is 556 g/mol. The van der Waals surface area contributed by atoms with Crippen molar-refractivity contribution in [3.05, 3.63) is 59.7 Å². The van der Waals surface area contributed by atoms with Gasteiger partial charge in [0.15, 0.2) is 0 Å². The Bertz CT molecular complexity index is 1150. The fourth-order valence-corrected chi connectivity index (χ4v) is 3.96. The molecule has 8 N–H and O–H groups in total. The van der Waals surface area contributed by atoms with Crippen LogP contribution >= 0.6 is 0 Å². The maximum atomic E-state index is 13.4. The van der Waals surface area contributed by atoms with Gasteiger partial charge in [-0.25, -0.2) is 4.79 Å². The van der Waals surface area contributed by atoms with Crippen molar-refractivity contribution in [2.45, 2.75) is 71.1 Å². The number of nitrogens with one attached hydrogen (secondary N) is 3. The molecule has 0 saturated heterocycles. The molecule has 4 atom stereocenters. The molecular weight excluding hydrogens is 516 g/mol. The third kappa shape index (κ3) is 10.2. The van der Waals surface area contributed by atoms with Crippen LogP contribution in [0, 0.1) is 11.8 Å². The molecular formula is C29H40N4O7. The van der Waals surface area contributed by atoms with Crippen molar-refractivity contribution in [3.8, 4) is 11.5 Å². The highest BCUT2D eigenvalue weighted by atomic mass is 16.4. The van der Waals surface area contributed by atoms with Crippen LogP contribution in [0.4, 0.5) is 0 Å². The molecule has 11 nitrogen and oxygen atoms in total. The normalized spacial score (nSPS) is 14.2. The third-order valence-electron chi connectivity index (χ3n) is 6.36. The molecule has 0 aromatic heterocycles. The average Bonchev–Trinajstić information content (AvgIpc) is 2.88. The smallest absolute Gasteiger partial charge is 0.326 e. The molecule has 2 rings (SSSR count). The molecule has 0 radical (unpaired) electrons. The summed E-state index contributed by atoms with van der Waals surface area (Å²) >= 11 is 0.